The average Bonchev–Trinajstić information content (AvgIpc) is 2.85. The van der Waals surface area contributed by atoms with Crippen molar-refractivity contribution in [1.29, 1.82) is 0 Å². The van der Waals surface area contributed by atoms with E-state index in [1.807, 2.05) is 10.9 Å². The van der Waals surface area contributed by atoms with Crippen LogP contribution in [0, 0.1) is 0 Å². The summed E-state index contributed by atoms with van der Waals surface area (Å²) in [5.74, 6) is 0. The number of hydrogen-bond donors (Lipinski definition) is 0. The Morgan fingerprint density at radius 3 is 3.12 bits per heavy atom. The van der Waals surface area contributed by atoms with E-state index < -0.39 is 0 Å². The van der Waals surface area contributed by atoms with Crippen molar-refractivity contribution in [3.05, 3.63) is 18.0 Å². The van der Waals surface area contributed by atoms with Gasteiger partial charge in [0.1, 0.15) is 6.23 Å². The normalized spacial score (nSPS) is 22.6. The quantitative estimate of drug-likeness (QED) is 0.791. The first kappa shape index (κ1) is 12.6. The van der Waals surface area contributed by atoms with E-state index in [0.29, 0.717) is 0 Å². The summed E-state index contributed by atoms with van der Waals surface area (Å²) >= 11 is 0. The highest BCUT2D eigenvalue weighted by molar-refractivity contribution is 5.03. The molecule has 1 aliphatic rings. The Balaban J connectivity index is 2.04. The van der Waals surface area contributed by atoms with Crippen molar-refractivity contribution in [3.63, 3.8) is 0 Å². The minimum Gasteiger partial charge on any atom is -0.381 e. The molecule has 4 nitrogen and oxygen atoms in total. The molecule has 2 heterocycles. The molecule has 96 valence electrons. The molecule has 1 saturated heterocycles. The molecule has 0 aliphatic carbocycles. The Morgan fingerprint density at radius 2 is 2.47 bits per heavy atom. The maximum Gasteiger partial charge on any atom is 0.150 e. The molecule has 0 radical (unpaired) electrons. The van der Waals surface area contributed by atoms with Crippen LogP contribution in [0.25, 0.3) is 0 Å². The second-order valence-electron chi connectivity index (χ2n) is 4.56. The van der Waals surface area contributed by atoms with E-state index in [1.165, 1.54) is 18.5 Å². The molecule has 1 aromatic heterocycles. The van der Waals surface area contributed by atoms with Gasteiger partial charge in [-0.05, 0) is 31.7 Å². The maximum atomic E-state index is 5.77. The first-order chi connectivity index (χ1) is 8.35. The number of aromatic nitrogens is 2. The van der Waals surface area contributed by atoms with Gasteiger partial charge in [0, 0.05) is 32.0 Å². The predicted octanol–water partition coefficient (Wildman–Crippen LogP) is 2.55. The Kier molecular flexibility index (Phi) is 4.57. The van der Waals surface area contributed by atoms with Crippen LogP contribution in [0.5, 0.6) is 0 Å². The first-order valence-corrected chi connectivity index (χ1v) is 6.52. The van der Waals surface area contributed by atoms with Crippen molar-refractivity contribution in [1.82, 2.24) is 9.78 Å². The Labute approximate surface area is 103 Å². The lowest BCUT2D eigenvalue weighted by atomic mass is 10.1. The van der Waals surface area contributed by atoms with E-state index in [2.05, 4.69) is 18.1 Å². The molecule has 1 fully saturated rings. The molecular weight excluding hydrogens is 216 g/mol. The lowest BCUT2D eigenvalue weighted by Crippen LogP contribution is -2.23. The SMILES string of the molecule is CCC(Cc1ccnn1C1CCCCO1)OC. The highest BCUT2D eigenvalue weighted by atomic mass is 16.5. The van der Waals surface area contributed by atoms with Crippen molar-refractivity contribution in [3.8, 4) is 0 Å². The van der Waals surface area contributed by atoms with E-state index in [4.69, 9.17) is 9.47 Å². The monoisotopic (exact) mass is 238 g/mol. The summed E-state index contributed by atoms with van der Waals surface area (Å²) in [6.07, 6.45) is 7.65. The smallest absolute Gasteiger partial charge is 0.150 e. The molecule has 0 saturated carbocycles. The number of hydrogen-bond acceptors (Lipinski definition) is 3. The molecular formula is C13H22N2O2. The van der Waals surface area contributed by atoms with Crippen LogP contribution < -0.4 is 0 Å². The number of ether oxygens (including phenoxy) is 2. The fourth-order valence-electron chi connectivity index (χ4n) is 2.31. The molecule has 4 heteroatoms. The van der Waals surface area contributed by atoms with Crippen LogP contribution in [-0.2, 0) is 15.9 Å². The van der Waals surface area contributed by atoms with Gasteiger partial charge >= 0.3 is 0 Å². The number of nitrogens with zero attached hydrogens (tertiary/aromatic N) is 2. The number of rotatable bonds is 5. The first-order valence-electron chi connectivity index (χ1n) is 6.52. The van der Waals surface area contributed by atoms with Gasteiger partial charge in [-0.3, -0.25) is 0 Å². The topological polar surface area (TPSA) is 36.3 Å². The van der Waals surface area contributed by atoms with Crippen LogP contribution in [-0.4, -0.2) is 29.6 Å². The summed E-state index contributed by atoms with van der Waals surface area (Å²) in [4.78, 5) is 0. The van der Waals surface area contributed by atoms with Crippen molar-refractivity contribution < 1.29 is 9.47 Å². The standard InChI is InChI=1S/C13H22N2O2/c1-3-12(16-2)10-11-7-8-14-15(11)13-6-4-5-9-17-13/h7-8,12-13H,3-6,9-10H2,1-2H3. The molecule has 1 aliphatic heterocycles. The minimum absolute atomic E-state index is 0.128. The second kappa shape index (κ2) is 6.17. The second-order valence-corrected chi connectivity index (χ2v) is 4.56. The molecule has 0 bridgehead atoms. The Morgan fingerprint density at radius 1 is 1.59 bits per heavy atom. The molecule has 2 atom stereocenters. The van der Waals surface area contributed by atoms with Crippen LogP contribution in [0.3, 0.4) is 0 Å². The maximum absolute atomic E-state index is 5.77. The van der Waals surface area contributed by atoms with E-state index in [9.17, 15) is 0 Å². The highest BCUT2D eigenvalue weighted by Gasteiger charge is 2.20. The van der Waals surface area contributed by atoms with Crippen LogP contribution >= 0.6 is 0 Å². The van der Waals surface area contributed by atoms with Gasteiger partial charge in [-0.15, -0.1) is 0 Å². The van der Waals surface area contributed by atoms with Gasteiger partial charge in [0.05, 0.1) is 6.10 Å². The third kappa shape index (κ3) is 3.07. The zero-order chi connectivity index (χ0) is 12.1. The zero-order valence-corrected chi connectivity index (χ0v) is 10.8. The van der Waals surface area contributed by atoms with Gasteiger partial charge in [0.25, 0.3) is 0 Å². The van der Waals surface area contributed by atoms with Crippen LogP contribution in [0.2, 0.25) is 0 Å². The molecule has 0 N–H and O–H groups in total. The summed E-state index contributed by atoms with van der Waals surface area (Å²) in [5.41, 5.74) is 1.21. The lowest BCUT2D eigenvalue weighted by Gasteiger charge is -2.25. The van der Waals surface area contributed by atoms with Crippen molar-refractivity contribution in [2.75, 3.05) is 13.7 Å². The molecule has 1 aromatic rings. The van der Waals surface area contributed by atoms with Gasteiger partial charge in [-0.25, -0.2) is 4.68 Å². The van der Waals surface area contributed by atoms with Crippen molar-refractivity contribution >= 4 is 0 Å². The van der Waals surface area contributed by atoms with Crippen molar-refractivity contribution in [2.45, 2.75) is 51.4 Å². The summed E-state index contributed by atoms with van der Waals surface area (Å²) < 4.78 is 13.2. The van der Waals surface area contributed by atoms with Crippen LogP contribution in [0.4, 0.5) is 0 Å². The molecule has 0 aromatic carbocycles. The third-order valence-electron chi connectivity index (χ3n) is 3.41. The Bertz CT molecular complexity index is 328. The molecule has 0 amide bonds. The molecule has 17 heavy (non-hydrogen) atoms. The Hall–Kier alpha value is -0.870. The van der Waals surface area contributed by atoms with Gasteiger partial charge in [0.2, 0.25) is 0 Å². The molecule has 0 spiro atoms. The molecule has 2 rings (SSSR count). The minimum atomic E-state index is 0.128. The van der Waals surface area contributed by atoms with E-state index in [0.717, 1.165) is 25.9 Å². The fourth-order valence-corrected chi connectivity index (χ4v) is 2.31. The van der Waals surface area contributed by atoms with E-state index >= 15 is 0 Å². The van der Waals surface area contributed by atoms with E-state index in [-0.39, 0.29) is 12.3 Å². The number of methoxy groups -OCH3 is 1. The van der Waals surface area contributed by atoms with Crippen LogP contribution in [0.15, 0.2) is 12.3 Å². The summed E-state index contributed by atoms with van der Waals surface area (Å²) in [7, 11) is 1.77. The zero-order valence-electron chi connectivity index (χ0n) is 10.8. The van der Waals surface area contributed by atoms with Gasteiger partial charge in [0.15, 0.2) is 0 Å². The molecule has 2 unspecified atom stereocenters. The summed E-state index contributed by atoms with van der Waals surface area (Å²) in [5, 5.41) is 4.40. The third-order valence-corrected chi connectivity index (χ3v) is 3.41. The predicted molar refractivity (Wildman–Crippen MR) is 65.9 cm³/mol. The highest BCUT2D eigenvalue weighted by Crippen LogP contribution is 2.23. The summed E-state index contributed by atoms with van der Waals surface area (Å²) in [6, 6.07) is 2.07. The average molecular weight is 238 g/mol. The summed E-state index contributed by atoms with van der Waals surface area (Å²) in [6.45, 7) is 3.00. The van der Waals surface area contributed by atoms with E-state index in [1.54, 1.807) is 7.11 Å². The fraction of sp³-hybridized carbons (Fsp3) is 0.769. The van der Waals surface area contributed by atoms with Gasteiger partial charge in [-0.2, -0.15) is 5.10 Å². The largest absolute Gasteiger partial charge is 0.381 e. The van der Waals surface area contributed by atoms with Gasteiger partial charge in [-0.1, -0.05) is 6.92 Å². The van der Waals surface area contributed by atoms with Crippen molar-refractivity contribution in [2.24, 2.45) is 0 Å². The van der Waals surface area contributed by atoms with Crippen LogP contribution in [0.1, 0.15) is 44.5 Å². The van der Waals surface area contributed by atoms with Gasteiger partial charge < -0.3 is 9.47 Å². The lowest BCUT2D eigenvalue weighted by molar-refractivity contribution is -0.0420.